The van der Waals surface area contributed by atoms with Gasteiger partial charge in [-0.05, 0) is 6.07 Å². The van der Waals surface area contributed by atoms with Gasteiger partial charge < -0.3 is 19.0 Å². The molecule has 0 aliphatic carbocycles. The molecule has 5 rings (SSSR count). The second-order valence-corrected chi connectivity index (χ2v) is 7.08. The standard InChI is InChI=1S/C19H15N3O3S/c1-22-14-8-15-16(25-7-6-24-15)9-17(14)26-19(22)21-18(23)12-10-20-13-5-3-2-4-11(12)13/h2-5,8-10,20H,6-7H2,1H3. The molecule has 1 N–H and O–H groups in total. The van der Waals surface area contributed by atoms with E-state index in [2.05, 4.69) is 9.98 Å². The summed E-state index contributed by atoms with van der Waals surface area (Å²) in [5.41, 5.74) is 2.46. The van der Waals surface area contributed by atoms with Crippen molar-refractivity contribution in [2.75, 3.05) is 13.2 Å². The lowest BCUT2D eigenvalue weighted by Gasteiger charge is -2.18. The quantitative estimate of drug-likeness (QED) is 0.563. The van der Waals surface area contributed by atoms with E-state index in [1.54, 1.807) is 6.20 Å². The minimum Gasteiger partial charge on any atom is -0.486 e. The number of ether oxygens (including phenoxy) is 2. The third kappa shape index (κ3) is 2.32. The molecular weight excluding hydrogens is 350 g/mol. The van der Waals surface area contributed by atoms with Crippen LogP contribution < -0.4 is 14.3 Å². The van der Waals surface area contributed by atoms with Gasteiger partial charge >= 0.3 is 0 Å². The van der Waals surface area contributed by atoms with Gasteiger partial charge in [0.1, 0.15) is 13.2 Å². The molecule has 0 spiro atoms. The summed E-state index contributed by atoms with van der Waals surface area (Å²) in [5, 5.41) is 0.877. The van der Waals surface area contributed by atoms with Crippen molar-refractivity contribution in [3.05, 3.63) is 53.0 Å². The number of para-hydroxylation sites is 1. The molecule has 0 unspecified atom stereocenters. The fraction of sp³-hybridized carbons (Fsp3) is 0.158. The summed E-state index contributed by atoms with van der Waals surface area (Å²) in [6.45, 7) is 1.09. The van der Waals surface area contributed by atoms with Gasteiger partial charge in [0.05, 0.1) is 15.8 Å². The van der Waals surface area contributed by atoms with Crippen LogP contribution in [-0.4, -0.2) is 28.7 Å². The summed E-state index contributed by atoms with van der Waals surface area (Å²) in [7, 11) is 1.90. The van der Waals surface area contributed by atoms with Crippen LogP contribution >= 0.6 is 11.3 Å². The Kier molecular flexibility index (Phi) is 3.36. The zero-order valence-corrected chi connectivity index (χ0v) is 14.8. The molecule has 0 atom stereocenters. The lowest BCUT2D eigenvalue weighted by Crippen LogP contribution is -2.15. The number of fused-ring (bicyclic) bond motifs is 3. The smallest absolute Gasteiger partial charge is 0.281 e. The van der Waals surface area contributed by atoms with Crippen LogP contribution in [0.3, 0.4) is 0 Å². The summed E-state index contributed by atoms with van der Waals surface area (Å²) in [6, 6.07) is 11.6. The maximum absolute atomic E-state index is 12.7. The maximum atomic E-state index is 12.7. The number of amides is 1. The van der Waals surface area contributed by atoms with Gasteiger partial charge in [-0.15, -0.1) is 0 Å². The minimum absolute atomic E-state index is 0.262. The second kappa shape index (κ2) is 5.74. The van der Waals surface area contributed by atoms with E-state index in [-0.39, 0.29) is 5.91 Å². The number of nitrogens with zero attached hydrogens (tertiary/aromatic N) is 2. The van der Waals surface area contributed by atoms with Crippen molar-refractivity contribution in [1.29, 1.82) is 0 Å². The summed E-state index contributed by atoms with van der Waals surface area (Å²) < 4.78 is 14.2. The number of thiazole rings is 1. The van der Waals surface area contributed by atoms with E-state index in [0.717, 1.165) is 32.6 Å². The van der Waals surface area contributed by atoms with Gasteiger partial charge in [-0.2, -0.15) is 4.99 Å². The first-order valence-corrected chi connectivity index (χ1v) is 9.07. The first-order chi connectivity index (χ1) is 12.7. The highest BCUT2D eigenvalue weighted by molar-refractivity contribution is 7.16. The molecule has 0 bridgehead atoms. The Balaban J connectivity index is 1.64. The average molecular weight is 365 g/mol. The topological polar surface area (TPSA) is 68.6 Å². The van der Waals surface area contributed by atoms with Gasteiger partial charge in [0.15, 0.2) is 16.3 Å². The van der Waals surface area contributed by atoms with Crippen LogP contribution in [0.25, 0.3) is 21.1 Å². The van der Waals surface area contributed by atoms with Gasteiger partial charge in [-0.25, -0.2) is 0 Å². The molecule has 1 aliphatic heterocycles. The van der Waals surface area contributed by atoms with Crippen molar-refractivity contribution in [3.8, 4) is 11.5 Å². The molecule has 3 heterocycles. The predicted octanol–water partition coefficient (Wildman–Crippen LogP) is 3.23. The number of carbonyl (C=O) groups is 1. The monoisotopic (exact) mass is 365 g/mol. The number of hydrogen-bond acceptors (Lipinski definition) is 4. The highest BCUT2D eigenvalue weighted by Gasteiger charge is 2.16. The Morgan fingerprint density at radius 2 is 1.96 bits per heavy atom. The van der Waals surface area contributed by atoms with E-state index in [1.165, 1.54) is 11.3 Å². The summed E-state index contributed by atoms with van der Waals surface area (Å²) in [5.74, 6) is 1.20. The van der Waals surface area contributed by atoms with Crippen molar-refractivity contribution in [2.24, 2.45) is 12.0 Å². The van der Waals surface area contributed by atoms with Crippen LogP contribution in [-0.2, 0) is 7.05 Å². The third-order valence-corrected chi connectivity index (χ3v) is 5.58. The Labute approximate surface area is 152 Å². The maximum Gasteiger partial charge on any atom is 0.281 e. The van der Waals surface area contributed by atoms with Crippen LogP contribution in [0.4, 0.5) is 0 Å². The number of hydrogen-bond donors (Lipinski definition) is 1. The van der Waals surface area contributed by atoms with Gasteiger partial charge in [-0.1, -0.05) is 29.5 Å². The van der Waals surface area contributed by atoms with Crippen LogP contribution in [0, 0.1) is 0 Å². The zero-order valence-electron chi connectivity index (χ0n) is 14.0. The summed E-state index contributed by atoms with van der Waals surface area (Å²) in [4.78, 5) is 20.8. The number of nitrogens with one attached hydrogen (secondary N) is 1. The number of aryl methyl sites for hydroxylation is 1. The molecule has 7 heteroatoms. The number of aromatic nitrogens is 2. The summed E-state index contributed by atoms with van der Waals surface area (Å²) >= 11 is 1.46. The molecular formula is C19H15N3O3S. The molecule has 1 amide bonds. The average Bonchev–Trinajstić information content (AvgIpc) is 3.22. The van der Waals surface area contributed by atoms with Crippen molar-refractivity contribution >= 4 is 38.4 Å². The van der Waals surface area contributed by atoms with Crippen molar-refractivity contribution in [1.82, 2.24) is 9.55 Å². The fourth-order valence-corrected chi connectivity index (χ4v) is 4.19. The highest BCUT2D eigenvalue weighted by Crippen LogP contribution is 2.35. The van der Waals surface area contributed by atoms with Gasteiger partial charge in [-0.3, -0.25) is 4.79 Å². The molecule has 130 valence electrons. The molecule has 6 nitrogen and oxygen atoms in total. The van der Waals surface area contributed by atoms with Crippen LogP contribution in [0.5, 0.6) is 11.5 Å². The van der Waals surface area contributed by atoms with E-state index in [1.807, 2.05) is 48.0 Å². The van der Waals surface area contributed by atoms with Gasteiger partial charge in [0, 0.05) is 36.3 Å². The molecule has 0 radical (unpaired) electrons. The Morgan fingerprint density at radius 3 is 2.81 bits per heavy atom. The van der Waals surface area contributed by atoms with Crippen LogP contribution in [0.1, 0.15) is 10.4 Å². The van der Waals surface area contributed by atoms with E-state index in [0.29, 0.717) is 23.6 Å². The normalized spacial score (nSPS) is 14.3. The van der Waals surface area contributed by atoms with E-state index in [4.69, 9.17) is 9.47 Å². The first-order valence-electron chi connectivity index (χ1n) is 8.25. The number of benzene rings is 2. The fourth-order valence-electron chi connectivity index (χ4n) is 3.17. The Hall–Kier alpha value is -3.06. The van der Waals surface area contributed by atoms with Crippen LogP contribution in [0.15, 0.2) is 47.6 Å². The Bertz CT molecular complexity index is 1230. The largest absolute Gasteiger partial charge is 0.486 e. The van der Waals surface area contributed by atoms with E-state index < -0.39 is 0 Å². The van der Waals surface area contributed by atoms with Crippen LogP contribution in [0.2, 0.25) is 0 Å². The summed E-state index contributed by atoms with van der Waals surface area (Å²) in [6.07, 6.45) is 1.71. The number of aromatic amines is 1. The van der Waals surface area contributed by atoms with Gasteiger partial charge in [0.25, 0.3) is 5.91 Å². The predicted molar refractivity (Wildman–Crippen MR) is 100.0 cm³/mol. The van der Waals surface area contributed by atoms with E-state index in [9.17, 15) is 4.79 Å². The molecule has 1 aliphatic rings. The molecule has 2 aromatic heterocycles. The second-order valence-electron chi connectivity index (χ2n) is 6.07. The van der Waals surface area contributed by atoms with Gasteiger partial charge in [0.2, 0.25) is 0 Å². The minimum atomic E-state index is -0.262. The molecule has 0 saturated heterocycles. The molecule has 0 saturated carbocycles. The van der Waals surface area contributed by atoms with Crippen molar-refractivity contribution in [3.63, 3.8) is 0 Å². The SMILES string of the molecule is Cn1c(=NC(=O)c2c[nH]c3ccccc23)sc2cc3c(cc21)OCCO3. The molecule has 0 fully saturated rings. The number of rotatable bonds is 1. The lowest BCUT2D eigenvalue weighted by atomic mass is 10.2. The molecule has 2 aromatic carbocycles. The molecule has 4 aromatic rings. The highest BCUT2D eigenvalue weighted by atomic mass is 32.1. The number of carbonyl (C=O) groups excluding carboxylic acids is 1. The first kappa shape index (κ1) is 15.2. The lowest BCUT2D eigenvalue weighted by molar-refractivity contribution is 0.0999. The number of H-pyrrole nitrogens is 1. The Morgan fingerprint density at radius 1 is 1.19 bits per heavy atom. The van der Waals surface area contributed by atoms with Crippen molar-refractivity contribution in [2.45, 2.75) is 0 Å². The van der Waals surface area contributed by atoms with Crippen molar-refractivity contribution < 1.29 is 14.3 Å². The third-order valence-electron chi connectivity index (χ3n) is 4.49. The van der Waals surface area contributed by atoms with E-state index >= 15 is 0 Å². The zero-order chi connectivity index (χ0) is 17.7. The molecule has 26 heavy (non-hydrogen) atoms.